The van der Waals surface area contributed by atoms with Gasteiger partial charge in [-0.3, -0.25) is 4.79 Å². The Labute approximate surface area is 100 Å². The number of carbonyl (C=O) groups excluding carboxylic acids is 1. The topological polar surface area (TPSA) is 70.1 Å². The molecular weight excluding hydrogens is 222 g/mol. The first-order chi connectivity index (χ1) is 7.54. The van der Waals surface area contributed by atoms with Crippen LogP contribution >= 0.6 is 11.8 Å². The second kappa shape index (κ2) is 3.94. The molecule has 2 aliphatic rings. The van der Waals surface area contributed by atoms with Crippen molar-refractivity contribution in [3.8, 4) is 6.07 Å². The molecule has 2 saturated heterocycles. The van der Waals surface area contributed by atoms with Crippen LogP contribution in [0.15, 0.2) is 0 Å². The largest absolute Gasteiger partial charge is 0.317 e. The number of thioether (sulfide) groups is 1. The van der Waals surface area contributed by atoms with Gasteiger partial charge >= 0.3 is 0 Å². The molecule has 0 aromatic rings. The summed E-state index contributed by atoms with van der Waals surface area (Å²) >= 11 is 1.68. The zero-order valence-corrected chi connectivity index (χ0v) is 10.5. The number of rotatable bonds is 2. The molecule has 88 valence electrons. The summed E-state index contributed by atoms with van der Waals surface area (Å²) < 4.78 is 0. The zero-order chi connectivity index (χ0) is 11.9. The van der Waals surface area contributed by atoms with Crippen molar-refractivity contribution in [2.24, 2.45) is 11.7 Å². The molecule has 5 heteroatoms. The monoisotopic (exact) mass is 239 g/mol. The number of hydrogen-bond donors (Lipinski definition) is 1. The third-order valence-electron chi connectivity index (χ3n) is 3.88. The smallest absolute Gasteiger partial charge is 0.245 e. The summed E-state index contributed by atoms with van der Waals surface area (Å²) in [6, 6.07) is 1.91. The van der Waals surface area contributed by atoms with Gasteiger partial charge in [-0.15, -0.1) is 11.8 Å². The standard InChI is InChI=1S/C11H17N3OS/c1-3-7(2)11(13)4-9-14(10(11)15)8(5-12)6-16-9/h7-9H,3-4,6,13H2,1-2H3. The lowest BCUT2D eigenvalue weighted by Gasteiger charge is -2.29. The molecular formula is C11H17N3OS. The van der Waals surface area contributed by atoms with E-state index in [1.54, 1.807) is 16.7 Å². The van der Waals surface area contributed by atoms with E-state index in [0.29, 0.717) is 6.42 Å². The number of nitriles is 1. The minimum atomic E-state index is -0.748. The fourth-order valence-electron chi connectivity index (χ4n) is 2.49. The highest BCUT2D eigenvalue weighted by Crippen LogP contribution is 2.44. The van der Waals surface area contributed by atoms with Gasteiger partial charge in [0.1, 0.15) is 11.6 Å². The summed E-state index contributed by atoms with van der Waals surface area (Å²) in [4.78, 5) is 14.0. The quantitative estimate of drug-likeness (QED) is 0.778. The number of nitrogens with zero attached hydrogens (tertiary/aromatic N) is 2. The predicted molar refractivity (Wildman–Crippen MR) is 63.5 cm³/mol. The van der Waals surface area contributed by atoms with E-state index in [1.807, 2.05) is 13.8 Å². The molecule has 2 rings (SSSR count). The van der Waals surface area contributed by atoms with Gasteiger partial charge in [0.25, 0.3) is 0 Å². The molecule has 2 aliphatic heterocycles. The first-order valence-corrected chi connectivity index (χ1v) is 6.72. The van der Waals surface area contributed by atoms with Crippen molar-refractivity contribution in [1.82, 2.24) is 4.90 Å². The summed E-state index contributed by atoms with van der Waals surface area (Å²) in [6.07, 6.45) is 1.58. The molecule has 0 aliphatic carbocycles. The first kappa shape index (κ1) is 11.7. The van der Waals surface area contributed by atoms with Crippen molar-refractivity contribution in [2.75, 3.05) is 5.75 Å². The maximum atomic E-state index is 12.3. The molecule has 4 nitrogen and oxygen atoms in total. The second-order valence-electron chi connectivity index (χ2n) is 4.70. The van der Waals surface area contributed by atoms with Crippen LogP contribution in [-0.2, 0) is 4.79 Å². The molecule has 0 spiro atoms. The fraction of sp³-hybridized carbons (Fsp3) is 0.818. The van der Waals surface area contributed by atoms with Crippen LogP contribution < -0.4 is 5.73 Å². The van der Waals surface area contributed by atoms with E-state index in [4.69, 9.17) is 11.0 Å². The Morgan fingerprint density at radius 1 is 1.81 bits per heavy atom. The minimum absolute atomic E-state index is 0.0246. The number of nitrogens with two attached hydrogens (primary N) is 1. The van der Waals surface area contributed by atoms with E-state index >= 15 is 0 Å². The van der Waals surface area contributed by atoms with E-state index < -0.39 is 5.54 Å². The third-order valence-corrected chi connectivity index (χ3v) is 5.17. The second-order valence-corrected chi connectivity index (χ2v) is 5.91. The van der Waals surface area contributed by atoms with Gasteiger partial charge in [-0.05, 0) is 5.92 Å². The van der Waals surface area contributed by atoms with Crippen LogP contribution in [0.4, 0.5) is 0 Å². The predicted octanol–water partition coefficient (Wildman–Crippen LogP) is 0.927. The molecule has 2 heterocycles. The Morgan fingerprint density at radius 3 is 3.06 bits per heavy atom. The molecule has 0 bridgehead atoms. The Hall–Kier alpha value is -0.730. The van der Waals surface area contributed by atoms with E-state index in [1.165, 1.54) is 0 Å². The van der Waals surface area contributed by atoms with Crippen molar-refractivity contribution in [1.29, 1.82) is 5.26 Å². The highest BCUT2D eigenvalue weighted by Gasteiger charge is 2.56. The highest BCUT2D eigenvalue weighted by molar-refractivity contribution is 8.00. The lowest BCUT2D eigenvalue weighted by molar-refractivity contribution is -0.134. The maximum absolute atomic E-state index is 12.3. The Bertz CT molecular complexity index is 354. The Kier molecular flexibility index (Phi) is 2.89. The van der Waals surface area contributed by atoms with Crippen molar-refractivity contribution in [3.63, 3.8) is 0 Å². The molecule has 2 fully saturated rings. The van der Waals surface area contributed by atoms with Crippen molar-refractivity contribution < 1.29 is 4.79 Å². The van der Waals surface area contributed by atoms with Gasteiger partial charge in [-0.1, -0.05) is 20.3 Å². The van der Waals surface area contributed by atoms with E-state index in [2.05, 4.69) is 6.07 Å². The van der Waals surface area contributed by atoms with E-state index in [0.717, 1.165) is 12.2 Å². The summed E-state index contributed by atoms with van der Waals surface area (Å²) in [5.74, 6) is 0.873. The Balaban J connectivity index is 2.26. The maximum Gasteiger partial charge on any atom is 0.245 e. The molecule has 4 unspecified atom stereocenters. The number of carbonyl (C=O) groups is 1. The molecule has 0 saturated carbocycles. The van der Waals surface area contributed by atoms with Crippen LogP contribution in [0.3, 0.4) is 0 Å². The van der Waals surface area contributed by atoms with Gasteiger partial charge in [-0.25, -0.2) is 0 Å². The van der Waals surface area contributed by atoms with Crippen LogP contribution in [0.25, 0.3) is 0 Å². The number of hydrogen-bond acceptors (Lipinski definition) is 4. The average Bonchev–Trinajstić information content (AvgIpc) is 2.78. The lowest BCUT2D eigenvalue weighted by atomic mass is 9.83. The Morgan fingerprint density at radius 2 is 2.50 bits per heavy atom. The van der Waals surface area contributed by atoms with Crippen LogP contribution in [0, 0.1) is 17.2 Å². The van der Waals surface area contributed by atoms with Gasteiger partial charge < -0.3 is 10.6 Å². The molecule has 16 heavy (non-hydrogen) atoms. The van der Waals surface area contributed by atoms with Crippen LogP contribution in [-0.4, -0.2) is 33.5 Å². The van der Waals surface area contributed by atoms with Gasteiger partial charge in [0, 0.05) is 12.2 Å². The summed E-state index contributed by atoms with van der Waals surface area (Å²) in [5.41, 5.74) is 5.50. The third kappa shape index (κ3) is 1.44. The van der Waals surface area contributed by atoms with Crippen LogP contribution in [0.5, 0.6) is 0 Å². The zero-order valence-electron chi connectivity index (χ0n) is 9.64. The van der Waals surface area contributed by atoms with Gasteiger partial charge in [0.15, 0.2) is 0 Å². The summed E-state index contributed by atoms with van der Waals surface area (Å²) in [6.45, 7) is 4.07. The SMILES string of the molecule is CCC(C)C1(N)CC2SCC(C#N)N2C1=O. The number of amides is 1. The molecule has 0 radical (unpaired) electrons. The van der Waals surface area contributed by atoms with Crippen LogP contribution in [0.1, 0.15) is 26.7 Å². The average molecular weight is 239 g/mol. The van der Waals surface area contributed by atoms with Crippen molar-refractivity contribution >= 4 is 17.7 Å². The first-order valence-electron chi connectivity index (χ1n) is 5.67. The molecule has 1 amide bonds. The van der Waals surface area contributed by atoms with E-state index in [9.17, 15) is 4.79 Å². The molecule has 0 aromatic carbocycles. The van der Waals surface area contributed by atoms with Gasteiger partial charge in [0.2, 0.25) is 5.91 Å². The normalized spacial score (nSPS) is 39.6. The molecule has 4 atom stereocenters. The molecule has 0 aromatic heterocycles. The summed E-state index contributed by atoms with van der Waals surface area (Å²) in [7, 11) is 0. The highest BCUT2D eigenvalue weighted by atomic mass is 32.2. The van der Waals surface area contributed by atoms with Crippen molar-refractivity contribution in [3.05, 3.63) is 0 Å². The van der Waals surface area contributed by atoms with Crippen molar-refractivity contribution in [2.45, 2.75) is 43.6 Å². The van der Waals surface area contributed by atoms with E-state index in [-0.39, 0.29) is 23.2 Å². The minimum Gasteiger partial charge on any atom is -0.317 e. The molecule has 2 N–H and O–H groups in total. The lowest BCUT2D eigenvalue weighted by Crippen LogP contribution is -2.54. The van der Waals surface area contributed by atoms with Gasteiger partial charge in [0.05, 0.1) is 11.4 Å². The van der Waals surface area contributed by atoms with Crippen LogP contribution in [0.2, 0.25) is 0 Å². The summed E-state index contributed by atoms with van der Waals surface area (Å²) in [5, 5.41) is 9.12. The van der Waals surface area contributed by atoms with Gasteiger partial charge in [-0.2, -0.15) is 5.26 Å². The fourth-order valence-corrected chi connectivity index (χ4v) is 3.92. The number of fused-ring (bicyclic) bond motifs is 1.